The number of amides is 2. The number of rotatable bonds is 5. The number of carbonyl (C=O) groups excluding carboxylic acids is 2. The number of anilines is 3. The van der Waals surface area contributed by atoms with Crippen molar-refractivity contribution in [3.05, 3.63) is 64.3 Å². The fourth-order valence-electron chi connectivity index (χ4n) is 3.12. The van der Waals surface area contributed by atoms with Crippen molar-refractivity contribution >= 4 is 29.0 Å². The highest BCUT2D eigenvalue weighted by Crippen LogP contribution is 2.18. The molecule has 3 rings (SSSR count). The van der Waals surface area contributed by atoms with Crippen LogP contribution >= 0.6 is 0 Å². The van der Waals surface area contributed by atoms with Gasteiger partial charge in [-0.2, -0.15) is 0 Å². The minimum absolute atomic E-state index is 0.0246. The van der Waals surface area contributed by atoms with Crippen LogP contribution in [0.4, 0.5) is 17.2 Å². The maximum absolute atomic E-state index is 12.5. The number of nitrogens with two attached hydrogens (primary N) is 1. The molecule has 2 amide bonds. The van der Waals surface area contributed by atoms with Crippen LogP contribution in [-0.2, 0) is 11.3 Å². The molecule has 0 saturated carbocycles. The van der Waals surface area contributed by atoms with E-state index in [-0.39, 0.29) is 24.0 Å². The SMILES string of the molecule is Cc1cc(C)cc(NC(=O)c2nnn(CC(=O)Nc3ccc(C)cc3C)c2N)c1. The molecule has 0 aliphatic rings. The number of aromatic nitrogens is 3. The third-order valence-corrected chi connectivity index (χ3v) is 4.42. The van der Waals surface area contributed by atoms with Crippen LogP contribution in [0.15, 0.2) is 36.4 Å². The van der Waals surface area contributed by atoms with Crippen LogP contribution in [0, 0.1) is 27.7 Å². The average molecular weight is 392 g/mol. The van der Waals surface area contributed by atoms with Gasteiger partial charge in [-0.05, 0) is 62.6 Å². The number of nitrogens with zero attached hydrogens (tertiary/aromatic N) is 3. The molecule has 0 aliphatic heterocycles. The van der Waals surface area contributed by atoms with Gasteiger partial charge in [0, 0.05) is 11.4 Å². The molecule has 0 bridgehead atoms. The summed E-state index contributed by atoms with van der Waals surface area (Å²) in [6.07, 6.45) is 0. The second kappa shape index (κ2) is 8.14. The first-order valence-corrected chi connectivity index (χ1v) is 9.18. The number of nitrogens with one attached hydrogen (secondary N) is 2. The van der Waals surface area contributed by atoms with Gasteiger partial charge in [-0.1, -0.05) is 29.0 Å². The normalized spacial score (nSPS) is 10.6. The zero-order chi connectivity index (χ0) is 21.1. The van der Waals surface area contributed by atoms with Crippen LogP contribution in [0.3, 0.4) is 0 Å². The molecule has 0 spiro atoms. The molecule has 2 aromatic carbocycles. The molecule has 1 heterocycles. The summed E-state index contributed by atoms with van der Waals surface area (Å²) in [6, 6.07) is 11.5. The van der Waals surface area contributed by atoms with Crippen LogP contribution in [-0.4, -0.2) is 26.8 Å². The molecule has 8 heteroatoms. The number of nitrogen functional groups attached to an aromatic ring is 1. The molecule has 29 heavy (non-hydrogen) atoms. The van der Waals surface area contributed by atoms with Crippen molar-refractivity contribution in [3.8, 4) is 0 Å². The van der Waals surface area contributed by atoms with E-state index in [1.807, 2.05) is 64.1 Å². The van der Waals surface area contributed by atoms with E-state index in [2.05, 4.69) is 20.9 Å². The van der Waals surface area contributed by atoms with E-state index < -0.39 is 5.91 Å². The summed E-state index contributed by atoms with van der Waals surface area (Å²) in [7, 11) is 0. The van der Waals surface area contributed by atoms with Gasteiger partial charge in [0.05, 0.1) is 0 Å². The molecule has 0 saturated heterocycles. The minimum Gasteiger partial charge on any atom is -0.382 e. The summed E-state index contributed by atoms with van der Waals surface area (Å²) in [5, 5.41) is 13.3. The predicted octanol–water partition coefficient (Wildman–Crippen LogP) is 2.98. The lowest BCUT2D eigenvalue weighted by Crippen LogP contribution is -2.22. The van der Waals surface area contributed by atoms with E-state index in [0.29, 0.717) is 11.4 Å². The smallest absolute Gasteiger partial charge is 0.280 e. The number of aryl methyl sites for hydroxylation is 4. The van der Waals surface area contributed by atoms with Gasteiger partial charge in [-0.15, -0.1) is 5.10 Å². The molecule has 0 aliphatic carbocycles. The maximum Gasteiger partial charge on any atom is 0.280 e. The van der Waals surface area contributed by atoms with Crippen LogP contribution in [0.5, 0.6) is 0 Å². The van der Waals surface area contributed by atoms with Crippen LogP contribution in [0.2, 0.25) is 0 Å². The van der Waals surface area contributed by atoms with Gasteiger partial charge in [0.15, 0.2) is 11.5 Å². The summed E-state index contributed by atoms with van der Waals surface area (Å²) >= 11 is 0. The van der Waals surface area contributed by atoms with Crippen molar-refractivity contribution in [2.24, 2.45) is 0 Å². The Kier molecular flexibility index (Phi) is 5.63. The van der Waals surface area contributed by atoms with Crippen molar-refractivity contribution in [1.29, 1.82) is 0 Å². The van der Waals surface area contributed by atoms with Gasteiger partial charge < -0.3 is 16.4 Å². The standard InChI is InChI=1S/C21H24N6O2/c1-12-5-6-17(15(4)8-12)24-18(28)11-27-20(22)19(25-26-27)21(29)23-16-9-13(2)7-14(3)10-16/h5-10H,11,22H2,1-4H3,(H,23,29)(H,24,28). The lowest BCUT2D eigenvalue weighted by atomic mass is 10.1. The molecule has 4 N–H and O–H groups in total. The topological polar surface area (TPSA) is 115 Å². The second-order valence-electron chi connectivity index (χ2n) is 7.18. The first-order valence-electron chi connectivity index (χ1n) is 9.18. The van der Waals surface area contributed by atoms with Gasteiger partial charge in [0.1, 0.15) is 6.54 Å². The highest BCUT2D eigenvalue weighted by Gasteiger charge is 2.19. The van der Waals surface area contributed by atoms with Gasteiger partial charge in [0.2, 0.25) is 5.91 Å². The molecule has 0 unspecified atom stereocenters. The molecular weight excluding hydrogens is 368 g/mol. The molecular formula is C21H24N6O2. The summed E-state index contributed by atoms with van der Waals surface area (Å²) in [4.78, 5) is 24.9. The molecule has 3 aromatic rings. The van der Waals surface area contributed by atoms with Crippen LogP contribution in [0.1, 0.15) is 32.7 Å². The molecule has 0 atom stereocenters. The Balaban J connectivity index is 1.69. The van der Waals surface area contributed by atoms with Crippen molar-refractivity contribution in [3.63, 3.8) is 0 Å². The zero-order valence-electron chi connectivity index (χ0n) is 16.9. The fraction of sp³-hybridized carbons (Fsp3) is 0.238. The average Bonchev–Trinajstić information content (AvgIpc) is 2.97. The molecule has 0 fully saturated rings. The lowest BCUT2D eigenvalue weighted by Gasteiger charge is -2.10. The van der Waals surface area contributed by atoms with E-state index in [4.69, 9.17) is 5.73 Å². The molecule has 150 valence electrons. The Morgan fingerprint density at radius 1 is 0.966 bits per heavy atom. The van der Waals surface area contributed by atoms with E-state index in [1.54, 1.807) is 0 Å². The first kappa shape index (κ1) is 20.1. The highest BCUT2D eigenvalue weighted by molar-refractivity contribution is 6.05. The van der Waals surface area contributed by atoms with E-state index in [0.717, 1.165) is 22.3 Å². The van der Waals surface area contributed by atoms with E-state index in [9.17, 15) is 9.59 Å². The Hall–Kier alpha value is -3.68. The van der Waals surface area contributed by atoms with Gasteiger partial charge in [-0.25, -0.2) is 4.68 Å². The Labute approximate surface area is 169 Å². The Morgan fingerprint density at radius 2 is 1.66 bits per heavy atom. The van der Waals surface area contributed by atoms with Crippen LogP contribution < -0.4 is 16.4 Å². The van der Waals surface area contributed by atoms with E-state index >= 15 is 0 Å². The van der Waals surface area contributed by atoms with Crippen molar-refractivity contribution in [2.75, 3.05) is 16.4 Å². The minimum atomic E-state index is -0.478. The van der Waals surface area contributed by atoms with Crippen molar-refractivity contribution < 1.29 is 9.59 Å². The van der Waals surface area contributed by atoms with Gasteiger partial charge >= 0.3 is 0 Å². The highest BCUT2D eigenvalue weighted by atomic mass is 16.2. The van der Waals surface area contributed by atoms with Gasteiger partial charge in [0.25, 0.3) is 5.91 Å². The zero-order valence-corrected chi connectivity index (χ0v) is 16.9. The number of hydrogen-bond donors (Lipinski definition) is 3. The maximum atomic E-state index is 12.5. The Morgan fingerprint density at radius 3 is 2.31 bits per heavy atom. The fourth-order valence-corrected chi connectivity index (χ4v) is 3.12. The molecule has 0 radical (unpaired) electrons. The lowest BCUT2D eigenvalue weighted by molar-refractivity contribution is -0.116. The Bertz CT molecular complexity index is 1070. The number of hydrogen-bond acceptors (Lipinski definition) is 5. The number of benzene rings is 2. The van der Waals surface area contributed by atoms with E-state index in [1.165, 1.54) is 4.68 Å². The summed E-state index contributed by atoms with van der Waals surface area (Å²) in [5.41, 5.74) is 11.5. The second-order valence-corrected chi connectivity index (χ2v) is 7.18. The summed E-state index contributed by atoms with van der Waals surface area (Å²) < 4.78 is 1.20. The monoisotopic (exact) mass is 392 g/mol. The first-order chi connectivity index (χ1) is 13.7. The largest absolute Gasteiger partial charge is 0.382 e. The van der Waals surface area contributed by atoms with Crippen molar-refractivity contribution in [2.45, 2.75) is 34.2 Å². The third kappa shape index (κ3) is 4.78. The quantitative estimate of drug-likeness (QED) is 0.617. The molecule has 8 nitrogen and oxygen atoms in total. The van der Waals surface area contributed by atoms with Crippen molar-refractivity contribution in [1.82, 2.24) is 15.0 Å². The summed E-state index contributed by atoms with van der Waals surface area (Å²) in [5.74, 6) is -0.758. The summed E-state index contributed by atoms with van der Waals surface area (Å²) in [6.45, 7) is 7.65. The molecule has 1 aromatic heterocycles. The third-order valence-electron chi connectivity index (χ3n) is 4.42. The van der Waals surface area contributed by atoms with Gasteiger partial charge in [-0.3, -0.25) is 9.59 Å². The number of carbonyl (C=O) groups is 2. The predicted molar refractivity (Wildman–Crippen MR) is 113 cm³/mol. The van der Waals surface area contributed by atoms with Crippen LogP contribution in [0.25, 0.3) is 0 Å².